The van der Waals surface area contributed by atoms with E-state index in [4.69, 9.17) is 0 Å². The number of hydrazone groups is 1. The van der Waals surface area contributed by atoms with Crippen LogP contribution in [0.1, 0.15) is 42.5 Å². The van der Waals surface area contributed by atoms with E-state index in [0.717, 1.165) is 18.1 Å². The van der Waals surface area contributed by atoms with Crippen molar-refractivity contribution < 1.29 is 17.6 Å². The molecule has 2 aromatic rings. The number of hydrogen-bond donors (Lipinski definition) is 1. The van der Waals surface area contributed by atoms with Gasteiger partial charge in [0, 0.05) is 23.5 Å². The first-order valence-corrected chi connectivity index (χ1v) is 9.17. The molecule has 2 atom stereocenters. The topological polar surface area (TPSA) is 24.4 Å². The molecule has 0 spiro atoms. The van der Waals surface area contributed by atoms with Gasteiger partial charge < -0.3 is 5.43 Å². The minimum absolute atomic E-state index is 0.0000116. The molecule has 2 nitrogen and oxygen atoms in total. The van der Waals surface area contributed by atoms with Gasteiger partial charge in [-0.15, -0.1) is 0 Å². The van der Waals surface area contributed by atoms with Gasteiger partial charge >= 0.3 is 0 Å². The molecule has 0 aliphatic carbocycles. The van der Waals surface area contributed by atoms with Crippen LogP contribution >= 0.6 is 0 Å². The van der Waals surface area contributed by atoms with E-state index < -0.39 is 28.8 Å². The van der Waals surface area contributed by atoms with Gasteiger partial charge in [0.2, 0.25) is 0 Å². The molecule has 0 amide bonds. The number of rotatable bonds is 5. The predicted molar refractivity (Wildman–Crippen MR) is 102 cm³/mol. The minimum atomic E-state index is -1.25. The SMILES string of the molecule is C=C(CC)C1C(c2ccc(Cc3c(F)c(C)cc(F)c3F)cc2F)=NNC1C. The summed E-state index contributed by atoms with van der Waals surface area (Å²) in [5, 5.41) is 4.26. The molecular weight excluding hydrogens is 368 g/mol. The third-order valence-corrected chi connectivity index (χ3v) is 5.20. The Balaban J connectivity index is 1.94. The van der Waals surface area contributed by atoms with Gasteiger partial charge in [0.1, 0.15) is 11.6 Å². The molecule has 0 saturated carbocycles. The van der Waals surface area contributed by atoms with Crippen LogP contribution in [0.15, 0.2) is 41.5 Å². The number of aryl methyl sites for hydroxylation is 1. The van der Waals surface area contributed by atoms with Crippen LogP contribution in [0.2, 0.25) is 0 Å². The van der Waals surface area contributed by atoms with E-state index in [2.05, 4.69) is 17.1 Å². The Kier molecular flexibility index (Phi) is 5.59. The standard InChI is InChI=1S/C22H22F4N2/c1-5-11(2)19-13(4)27-28-22(19)15-7-6-14(10-17(15)23)9-16-20(25)12(3)8-18(24)21(16)26/h6-8,10,13,19,27H,2,5,9H2,1,3-4H3. The van der Waals surface area contributed by atoms with E-state index in [9.17, 15) is 17.6 Å². The van der Waals surface area contributed by atoms with Crippen molar-refractivity contribution in [2.45, 2.75) is 39.7 Å². The van der Waals surface area contributed by atoms with Gasteiger partial charge in [-0.2, -0.15) is 5.10 Å². The molecule has 2 aromatic carbocycles. The summed E-state index contributed by atoms with van der Waals surface area (Å²) in [6.45, 7) is 9.35. The summed E-state index contributed by atoms with van der Waals surface area (Å²) in [5.74, 6) is -3.85. The van der Waals surface area contributed by atoms with Crippen LogP contribution in [0.3, 0.4) is 0 Å². The van der Waals surface area contributed by atoms with Gasteiger partial charge in [0.15, 0.2) is 11.6 Å². The van der Waals surface area contributed by atoms with Crippen molar-refractivity contribution in [3.8, 4) is 0 Å². The quantitative estimate of drug-likeness (QED) is 0.411. The molecule has 0 saturated heterocycles. The third-order valence-electron chi connectivity index (χ3n) is 5.20. The minimum Gasteiger partial charge on any atom is -0.306 e. The summed E-state index contributed by atoms with van der Waals surface area (Å²) < 4.78 is 56.7. The summed E-state index contributed by atoms with van der Waals surface area (Å²) in [5.41, 5.74) is 4.72. The molecule has 1 N–H and O–H groups in total. The maximum absolute atomic E-state index is 14.8. The van der Waals surface area contributed by atoms with E-state index in [1.807, 2.05) is 13.8 Å². The first kappa shape index (κ1) is 20.1. The van der Waals surface area contributed by atoms with Crippen LogP contribution in [0.25, 0.3) is 0 Å². The fourth-order valence-corrected chi connectivity index (χ4v) is 3.58. The molecular formula is C22H22F4N2. The lowest BCUT2D eigenvalue weighted by molar-refractivity contribution is 0.479. The van der Waals surface area contributed by atoms with Crippen molar-refractivity contribution in [1.82, 2.24) is 5.43 Å². The molecule has 28 heavy (non-hydrogen) atoms. The summed E-state index contributed by atoms with van der Waals surface area (Å²) in [6, 6.07) is 5.15. The van der Waals surface area contributed by atoms with Crippen molar-refractivity contribution >= 4 is 5.71 Å². The molecule has 0 aromatic heterocycles. The molecule has 148 valence electrons. The van der Waals surface area contributed by atoms with Gasteiger partial charge in [-0.05, 0) is 49.6 Å². The zero-order valence-electron chi connectivity index (χ0n) is 16.0. The number of halogens is 4. The van der Waals surface area contributed by atoms with Crippen LogP contribution in [0, 0.1) is 36.1 Å². The Morgan fingerprint density at radius 3 is 2.46 bits per heavy atom. The monoisotopic (exact) mass is 390 g/mol. The Morgan fingerprint density at radius 1 is 1.11 bits per heavy atom. The van der Waals surface area contributed by atoms with Gasteiger partial charge in [0.25, 0.3) is 0 Å². The van der Waals surface area contributed by atoms with Gasteiger partial charge in [-0.25, -0.2) is 17.6 Å². The number of nitrogens with one attached hydrogen (secondary N) is 1. The van der Waals surface area contributed by atoms with Gasteiger partial charge in [-0.3, -0.25) is 0 Å². The third kappa shape index (κ3) is 3.55. The van der Waals surface area contributed by atoms with Crippen molar-refractivity contribution in [3.05, 3.63) is 81.9 Å². The molecule has 2 unspecified atom stereocenters. The number of benzene rings is 2. The lowest BCUT2D eigenvalue weighted by Gasteiger charge is -2.19. The summed E-state index contributed by atoms with van der Waals surface area (Å²) in [6.07, 6.45) is 0.493. The lowest BCUT2D eigenvalue weighted by Crippen LogP contribution is -2.28. The smallest absolute Gasteiger partial charge is 0.165 e. The maximum Gasteiger partial charge on any atom is 0.165 e. The molecule has 1 heterocycles. The predicted octanol–water partition coefficient (Wildman–Crippen LogP) is 5.42. The molecule has 6 heteroatoms. The Bertz CT molecular complexity index is 939. The Morgan fingerprint density at radius 2 is 1.82 bits per heavy atom. The zero-order chi connectivity index (χ0) is 20.6. The van der Waals surface area contributed by atoms with E-state index in [-0.39, 0.29) is 23.9 Å². The molecule has 0 radical (unpaired) electrons. The first-order chi connectivity index (χ1) is 13.2. The molecule has 3 rings (SSSR count). The van der Waals surface area contributed by atoms with Crippen LogP contribution in [-0.4, -0.2) is 11.8 Å². The fraction of sp³-hybridized carbons (Fsp3) is 0.318. The molecule has 1 aliphatic heterocycles. The summed E-state index contributed by atoms with van der Waals surface area (Å²) in [7, 11) is 0. The van der Waals surface area contributed by atoms with Crippen molar-refractivity contribution in [3.63, 3.8) is 0 Å². The van der Waals surface area contributed by atoms with E-state index >= 15 is 0 Å². The second kappa shape index (κ2) is 7.78. The van der Waals surface area contributed by atoms with E-state index in [0.29, 0.717) is 16.8 Å². The van der Waals surface area contributed by atoms with Crippen LogP contribution in [0.5, 0.6) is 0 Å². The van der Waals surface area contributed by atoms with Crippen LogP contribution in [0.4, 0.5) is 17.6 Å². The average molecular weight is 390 g/mol. The van der Waals surface area contributed by atoms with E-state index in [1.165, 1.54) is 13.0 Å². The summed E-state index contributed by atoms with van der Waals surface area (Å²) in [4.78, 5) is 0. The lowest BCUT2D eigenvalue weighted by atomic mass is 9.85. The molecule has 0 bridgehead atoms. The van der Waals surface area contributed by atoms with E-state index in [1.54, 1.807) is 12.1 Å². The first-order valence-electron chi connectivity index (χ1n) is 9.17. The zero-order valence-corrected chi connectivity index (χ0v) is 16.0. The fourth-order valence-electron chi connectivity index (χ4n) is 3.58. The van der Waals surface area contributed by atoms with Crippen molar-refractivity contribution in [1.29, 1.82) is 0 Å². The van der Waals surface area contributed by atoms with Gasteiger partial charge in [-0.1, -0.05) is 25.1 Å². The highest BCUT2D eigenvalue weighted by Gasteiger charge is 2.32. The summed E-state index contributed by atoms with van der Waals surface area (Å²) >= 11 is 0. The van der Waals surface area contributed by atoms with Crippen molar-refractivity contribution in [2.75, 3.05) is 0 Å². The Labute approximate surface area is 162 Å². The van der Waals surface area contributed by atoms with Crippen molar-refractivity contribution in [2.24, 2.45) is 11.0 Å². The number of nitrogens with zero attached hydrogens (tertiary/aromatic N) is 1. The average Bonchev–Trinajstić information content (AvgIpc) is 3.04. The molecule has 1 aliphatic rings. The highest BCUT2D eigenvalue weighted by atomic mass is 19.2. The second-order valence-electron chi connectivity index (χ2n) is 7.18. The Hall–Kier alpha value is -2.63. The highest BCUT2D eigenvalue weighted by molar-refractivity contribution is 6.05. The maximum atomic E-state index is 14.8. The normalized spacial score (nSPS) is 18.8. The largest absolute Gasteiger partial charge is 0.306 e. The number of hydrogen-bond acceptors (Lipinski definition) is 2. The second-order valence-corrected chi connectivity index (χ2v) is 7.18. The van der Waals surface area contributed by atoms with Gasteiger partial charge in [0.05, 0.1) is 11.8 Å². The van der Waals surface area contributed by atoms with Crippen LogP contribution < -0.4 is 5.43 Å². The van der Waals surface area contributed by atoms with Crippen LogP contribution in [-0.2, 0) is 6.42 Å². The molecule has 0 fully saturated rings. The highest BCUT2D eigenvalue weighted by Crippen LogP contribution is 2.29.